The number of anilines is 3. The van der Waals surface area contributed by atoms with E-state index in [-0.39, 0.29) is 18.0 Å². The molecule has 1 fully saturated rings. The van der Waals surface area contributed by atoms with Crippen molar-refractivity contribution in [3.05, 3.63) is 54.2 Å². The number of benzene rings is 2. The molecule has 3 aromatic rings. The van der Waals surface area contributed by atoms with Gasteiger partial charge in [0.2, 0.25) is 5.06 Å². The molecule has 4 rings (SSSR count). The van der Waals surface area contributed by atoms with Crippen LogP contribution < -0.4 is 30.3 Å². The summed E-state index contributed by atoms with van der Waals surface area (Å²) in [7, 11) is 1.54. The average molecular weight is 622 g/mol. The highest BCUT2D eigenvalue weighted by atomic mass is 32.1. The lowest BCUT2D eigenvalue weighted by Crippen LogP contribution is -2.37. The Morgan fingerprint density at radius 2 is 1.75 bits per heavy atom. The van der Waals surface area contributed by atoms with Crippen molar-refractivity contribution < 1.29 is 19.1 Å². The zero-order valence-electron chi connectivity index (χ0n) is 26.5. The van der Waals surface area contributed by atoms with E-state index in [4.69, 9.17) is 9.47 Å². The fraction of sp³-hybridized carbons (Fsp3) is 0.500. The van der Waals surface area contributed by atoms with E-state index < -0.39 is 0 Å². The van der Waals surface area contributed by atoms with Gasteiger partial charge in [0, 0.05) is 42.1 Å². The Hall–Kier alpha value is -3.79. The van der Waals surface area contributed by atoms with E-state index in [2.05, 4.69) is 32.8 Å². The van der Waals surface area contributed by atoms with Gasteiger partial charge in [-0.05, 0) is 74.9 Å². The molecular weight excluding hydrogens is 574 g/mol. The number of nitrogens with one attached hydrogen (secondary N) is 3. The first-order valence-electron chi connectivity index (χ1n) is 16.0. The number of carbonyl (C=O) groups is 2. The third-order valence-corrected chi connectivity index (χ3v) is 9.09. The van der Waals surface area contributed by atoms with Gasteiger partial charge in [-0.15, -0.1) is 0 Å². The molecule has 1 aliphatic carbocycles. The van der Waals surface area contributed by atoms with E-state index in [1.165, 1.54) is 63.4 Å². The molecule has 1 saturated carbocycles. The topological polar surface area (TPSA) is 105 Å². The summed E-state index contributed by atoms with van der Waals surface area (Å²) in [5, 5.41) is 9.58. The zero-order valence-corrected chi connectivity index (χ0v) is 27.3. The van der Waals surface area contributed by atoms with Gasteiger partial charge in [-0.3, -0.25) is 10.1 Å². The standard InChI is InChI=1S/C34H47N5O4S/c1-5-26(6-2)36-33(41)37-27-17-20-29(30(22-27)42-4)43-31-23-35-34(44-31)38-32(40)25-15-18-28(19-16-25)39(7-3)21-11-14-24-12-9-8-10-13-24/h15-20,22-24,26H,5-14,21H2,1-4H3,(H,35,38,40)(H2,36,37,41). The van der Waals surface area contributed by atoms with E-state index in [0.29, 0.717) is 32.9 Å². The Kier molecular flexibility index (Phi) is 12.7. The number of methoxy groups -OCH3 is 1. The lowest BCUT2D eigenvalue weighted by Gasteiger charge is -2.26. The summed E-state index contributed by atoms with van der Waals surface area (Å²) in [4.78, 5) is 32.0. The molecule has 1 aromatic heterocycles. The molecule has 0 saturated heterocycles. The fourth-order valence-electron chi connectivity index (χ4n) is 5.66. The number of hydrogen-bond donors (Lipinski definition) is 3. The number of aromatic nitrogens is 1. The van der Waals surface area contributed by atoms with Crippen molar-refractivity contribution in [1.82, 2.24) is 10.3 Å². The van der Waals surface area contributed by atoms with Crippen LogP contribution in [0, 0.1) is 5.92 Å². The first kappa shape index (κ1) is 33.1. The molecule has 1 aliphatic rings. The molecule has 44 heavy (non-hydrogen) atoms. The zero-order chi connectivity index (χ0) is 31.3. The maximum absolute atomic E-state index is 13.0. The van der Waals surface area contributed by atoms with Gasteiger partial charge < -0.3 is 25.0 Å². The Morgan fingerprint density at radius 3 is 2.43 bits per heavy atom. The van der Waals surface area contributed by atoms with Crippen molar-refractivity contribution in [2.24, 2.45) is 5.92 Å². The van der Waals surface area contributed by atoms with E-state index in [1.807, 2.05) is 38.1 Å². The number of thiazole rings is 1. The lowest BCUT2D eigenvalue weighted by atomic mass is 9.86. The van der Waals surface area contributed by atoms with E-state index >= 15 is 0 Å². The summed E-state index contributed by atoms with van der Waals surface area (Å²) in [6.45, 7) is 8.24. The monoisotopic (exact) mass is 621 g/mol. The SMILES string of the molecule is CCC(CC)NC(=O)Nc1ccc(Oc2cnc(NC(=O)c3ccc(N(CC)CCCC4CCCCC4)cc3)s2)c(OC)c1. The molecule has 238 valence electrons. The van der Waals surface area contributed by atoms with Crippen LogP contribution in [0.1, 0.15) is 88.9 Å². The summed E-state index contributed by atoms with van der Waals surface area (Å²) < 4.78 is 11.5. The van der Waals surface area contributed by atoms with Gasteiger partial charge in [0.1, 0.15) is 0 Å². The number of urea groups is 1. The molecule has 0 unspecified atom stereocenters. The second-order valence-corrected chi connectivity index (χ2v) is 12.3. The molecule has 0 atom stereocenters. The summed E-state index contributed by atoms with van der Waals surface area (Å²) in [5.74, 6) is 1.60. The minimum Gasteiger partial charge on any atom is -0.493 e. The molecule has 9 nitrogen and oxygen atoms in total. The van der Waals surface area contributed by atoms with Crippen molar-refractivity contribution >= 4 is 39.8 Å². The molecule has 0 aliphatic heterocycles. The Labute approximate surface area is 265 Å². The molecule has 0 radical (unpaired) electrons. The molecule has 0 spiro atoms. The van der Waals surface area contributed by atoms with Gasteiger partial charge in [0.25, 0.3) is 5.91 Å². The normalized spacial score (nSPS) is 13.4. The smallest absolute Gasteiger partial charge is 0.319 e. The summed E-state index contributed by atoms with van der Waals surface area (Å²) >= 11 is 1.22. The van der Waals surface area contributed by atoms with E-state index in [0.717, 1.165) is 37.5 Å². The maximum Gasteiger partial charge on any atom is 0.319 e. The minimum atomic E-state index is -0.264. The van der Waals surface area contributed by atoms with Crippen molar-refractivity contribution in [2.75, 3.05) is 35.7 Å². The lowest BCUT2D eigenvalue weighted by molar-refractivity contribution is 0.102. The average Bonchev–Trinajstić information content (AvgIpc) is 3.49. The second kappa shape index (κ2) is 16.9. The summed E-state index contributed by atoms with van der Waals surface area (Å²) in [6.07, 6.45) is 12.8. The largest absolute Gasteiger partial charge is 0.493 e. The van der Waals surface area contributed by atoms with Crippen LogP contribution >= 0.6 is 11.3 Å². The summed E-state index contributed by atoms with van der Waals surface area (Å²) in [6, 6.07) is 12.8. The first-order valence-corrected chi connectivity index (χ1v) is 16.8. The Morgan fingerprint density at radius 1 is 1.00 bits per heavy atom. The van der Waals surface area contributed by atoms with Crippen LogP contribution in [-0.2, 0) is 0 Å². The number of nitrogens with zero attached hydrogens (tertiary/aromatic N) is 2. The highest BCUT2D eigenvalue weighted by molar-refractivity contribution is 7.17. The highest BCUT2D eigenvalue weighted by Crippen LogP contribution is 2.37. The summed E-state index contributed by atoms with van der Waals surface area (Å²) in [5.41, 5.74) is 2.30. The third-order valence-electron chi connectivity index (χ3n) is 8.30. The van der Waals surface area contributed by atoms with Crippen molar-refractivity contribution in [3.8, 4) is 16.6 Å². The molecule has 10 heteroatoms. The highest BCUT2D eigenvalue weighted by Gasteiger charge is 2.16. The van der Waals surface area contributed by atoms with Crippen molar-refractivity contribution in [2.45, 2.75) is 84.6 Å². The molecule has 2 aromatic carbocycles. The van der Waals surface area contributed by atoms with Gasteiger partial charge in [0.15, 0.2) is 16.6 Å². The van der Waals surface area contributed by atoms with Crippen LogP contribution in [0.4, 0.5) is 21.3 Å². The van der Waals surface area contributed by atoms with Gasteiger partial charge in [0.05, 0.1) is 13.3 Å². The Balaban J connectivity index is 1.29. The van der Waals surface area contributed by atoms with Gasteiger partial charge in [-0.1, -0.05) is 57.3 Å². The first-order chi connectivity index (χ1) is 21.4. The van der Waals surface area contributed by atoms with Crippen LogP contribution in [-0.4, -0.2) is 43.2 Å². The molecule has 3 amide bonds. The van der Waals surface area contributed by atoms with E-state index in [9.17, 15) is 9.59 Å². The molecule has 0 bridgehead atoms. The third kappa shape index (κ3) is 9.61. The van der Waals surface area contributed by atoms with Crippen LogP contribution in [0.25, 0.3) is 0 Å². The van der Waals surface area contributed by atoms with Crippen LogP contribution in [0.15, 0.2) is 48.7 Å². The number of amides is 3. The van der Waals surface area contributed by atoms with Gasteiger partial charge >= 0.3 is 6.03 Å². The molecule has 3 N–H and O–H groups in total. The number of ether oxygens (including phenoxy) is 2. The number of rotatable bonds is 15. The van der Waals surface area contributed by atoms with Crippen LogP contribution in [0.2, 0.25) is 0 Å². The van der Waals surface area contributed by atoms with Crippen LogP contribution in [0.3, 0.4) is 0 Å². The Bertz CT molecular complexity index is 1340. The van der Waals surface area contributed by atoms with Crippen molar-refractivity contribution in [3.63, 3.8) is 0 Å². The van der Waals surface area contributed by atoms with E-state index in [1.54, 1.807) is 24.4 Å². The van der Waals surface area contributed by atoms with Crippen molar-refractivity contribution in [1.29, 1.82) is 0 Å². The second-order valence-electron chi connectivity index (χ2n) is 11.3. The minimum absolute atomic E-state index is 0.122. The number of carbonyl (C=O) groups excluding carboxylic acids is 2. The molecule has 1 heterocycles. The fourth-order valence-corrected chi connectivity index (χ4v) is 6.33. The van der Waals surface area contributed by atoms with Crippen LogP contribution in [0.5, 0.6) is 16.6 Å². The van der Waals surface area contributed by atoms with Gasteiger partial charge in [-0.2, -0.15) is 0 Å². The predicted molar refractivity (Wildman–Crippen MR) is 180 cm³/mol. The number of hydrogen-bond acceptors (Lipinski definition) is 7. The quantitative estimate of drug-likeness (QED) is 0.157. The van der Waals surface area contributed by atoms with Gasteiger partial charge in [-0.25, -0.2) is 9.78 Å². The molecular formula is C34H47N5O4S. The predicted octanol–water partition coefficient (Wildman–Crippen LogP) is 8.69. The maximum atomic E-state index is 13.0.